The van der Waals surface area contributed by atoms with Gasteiger partial charge in [0.25, 0.3) is 0 Å². The SMILES string of the molecule is Fc1cccc(NCCOCc2ccco2)c1. The summed E-state index contributed by atoms with van der Waals surface area (Å²) in [6, 6.07) is 10.0. The van der Waals surface area contributed by atoms with E-state index in [1.165, 1.54) is 12.1 Å². The Hall–Kier alpha value is -1.81. The molecule has 1 aromatic carbocycles. The summed E-state index contributed by atoms with van der Waals surface area (Å²) >= 11 is 0. The Kier molecular flexibility index (Phi) is 4.16. The Labute approximate surface area is 99.2 Å². The number of furan rings is 1. The van der Waals surface area contributed by atoms with Crippen LogP contribution in [0, 0.1) is 5.82 Å². The molecule has 0 saturated carbocycles. The number of ether oxygens (including phenoxy) is 1. The highest BCUT2D eigenvalue weighted by molar-refractivity contribution is 5.42. The van der Waals surface area contributed by atoms with Crippen LogP contribution in [-0.2, 0) is 11.3 Å². The van der Waals surface area contributed by atoms with E-state index in [1.807, 2.05) is 18.2 Å². The van der Waals surface area contributed by atoms with E-state index in [0.29, 0.717) is 19.8 Å². The fourth-order valence-corrected chi connectivity index (χ4v) is 1.43. The highest BCUT2D eigenvalue weighted by Crippen LogP contribution is 2.08. The lowest BCUT2D eigenvalue weighted by Crippen LogP contribution is -2.09. The van der Waals surface area contributed by atoms with Crippen LogP contribution in [0.5, 0.6) is 0 Å². The monoisotopic (exact) mass is 235 g/mol. The summed E-state index contributed by atoms with van der Waals surface area (Å²) in [6.07, 6.45) is 1.61. The molecule has 2 aromatic rings. The van der Waals surface area contributed by atoms with E-state index in [2.05, 4.69) is 5.32 Å². The lowest BCUT2D eigenvalue weighted by molar-refractivity contribution is 0.115. The summed E-state index contributed by atoms with van der Waals surface area (Å²) in [7, 11) is 0. The molecule has 2 rings (SSSR count). The van der Waals surface area contributed by atoms with Crippen LogP contribution in [0.25, 0.3) is 0 Å². The lowest BCUT2D eigenvalue weighted by Gasteiger charge is -2.06. The molecule has 0 aliphatic carbocycles. The molecule has 0 fully saturated rings. The molecule has 0 unspecified atom stereocenters. The van der Waals surface area contributed by atoms with Crippen LogP contribution in [0.4, 0.5) is 10.1 Å². The minimum absolute atomic E-state index is 0.244. The molecule has 1 heterocycles. The summed E-state index contributed by atoms with van der Waals surface area (Å²) in [5, 5.41) is 3.07. The van der Waals surface area contributed by atoms with Crippen LogP contribution in [-0.4, -0.2) is 13.2 Å². The van der Waals surface area contributed by atoms with Crippen molar-refractivity contribution >= 4 is 5.69 Å². The second-order valence-electron chi connectivity index (χ2n) is 3.57. The lowest BCUT2D eigenvalue weighted by atomic mass is 10.3. The molecule has 90 valence electrons. The molecule has 0 spiro atoms. The van der Waals surface area contributed by atoms with Crippen LogP contribution in [0.3, 0.4) is 0 Å². The number of hydrogen-bond acceptors (Lipinski definition) is 3. The Morgan fingerprint density at radius 3 is 2.94 bits per heavy atom. The van der Waals surface area contributed by atoms with Crippen molar-refractivity contribution in [3.8, 4) is 0 Å². The smallest absolute Gasteiger partial charge is 0.129 e. The third kappa shape index (κ3) is 3.92. The van der Waals surface area contributed by atoms with Gasteiger partial charge in [0, 0.05) is 12.2 Å². The van der Waals surface area contributed by atoms with Crippen LogP contribution < -0.4 is 5.32 Å². The average Bonchev–Trinajstić information content (AvgIpc) is 2.82. The van der Waals surface area contributed by atoms with Crippen molar-refractivity contribution in [2.75, 3.05) is 18.5 Å². The molecule has 0 amide bonds. The molecule has 1 N–H and O–H groups in total. The first-order valence-electron chi connectivity index (χ1n) is 5.44. The summed E-state index contributed by atoms with van der Waals surface area (Å²) in [4.78, 5) is 0. The van der Waals surface area contributed by atoms with E-state index in [9.17, 15) is 4.39 Å². The fourth-order valence-electron chi connectivity index (χ4n) is 1.43. The van der Waals surface area contributed by atoms with E-state index in [4.69, 9.17) is 9.15 Å². The Bertz CT molecular complexity index is 442. The number of benzene rings is 1. The molecule has 0 radical (unpaired) electrons. The molecular weight excluding hydrogens is 221 g/mol. The normalized spacial score (nSPS) is 10.4. The van der Waals surface area contributed by atoms with Gasteiger partial charge in [0.2, 0.25) is 0 Å². The zero-order valence-corrected chi connectivity index (χ0v) is 9.36. The van der Waals surface area contributed by atoms with Gasteiger partial charge in [-0.15, -0.1) is 0 Å². The first-order valence-corrected chi connectivity index (χ1v) is 5.44. The van der Waals surface area contributed by atoms with E-state index in [0.717, 1.165) is 11.4 Å². The standard InChI is InChI=1S/C13H14FNO2/c14-11-3-1-4-12(9-11)15-6-8-16-10-13-5-2-7-17-13/h1-5,7,9,15H,6,8,10H2. The van der Waals surface area contributed by atoms with Crippen molar-refractivity contribution in [3.05, 3.63) is 54.2 Å². The topological polar surface area (TPSA) is 34.4 Å². The molecule has 1 aromatic heterocycles. The van der Waals surface area contributed by atoms with Crippen molar-refractivity contribution in [1.29, 1.82) is 0 Å². The maximum absolute atomic E-state index is 12.8. The molecule has 0 aliphatic heterocycles. The van der Waals surface area contributed by atoms with Gasteiger partial charge in [-0.2, -0.15) is 0 Å². The number of rotatable bonds is 6. The zero-order chi connectivity index (χ0) is 11.9. The minimum atomic E-state index is -0.244. The summed E-state index contributed by atoms with van der Waals surface area (Å²) < 4.78 is 23.3. The highest BCUT2D eigenvalue weighted by atomic mass is 19.1. The zero-order valence-electron chi connectivity index (χ0n) is 9.36. The van der Waals surface area contributed by atoms with E-state index < -0.39 is 0 Å². The van der Waals surface area contributed by atoms with Gasteiger partial charge in [0.05, 0.1) is 12.9 Å². The van der Waals surface area contributed by atoms with Crippen molar-refractivity contribution < 1.29 is 13.5 Å². The summed E-state index contributed by atoms with van der Waals surface area (Å²) in [5.74, 6) is 0.558. The number of nitrogens with one attached hydrogen (secondary N) is 1. The third-order valence-electron chi connectivity index (χ3n) is 2.22. The van der Waals surface area contributed by atoms with Crippen LogP contribution in [0.15, 0.2) is 47.1 Å². The quantitative estimate of drug-likeness (QED) is 0.781. The van der Waals surface area contributed by atoms with E-state index >= 15 is 0 Å². The molecule has 3 nitrogen and oxygen atoms in total. The van der Waals surface area contributed by atoms with Crippen molar-refractivity contribution in [1.82, 2.24) is 0 Å². The molecule has 0 aliphatic rings. The number of halogens is 1. The molecule has 0 saturated heterocycles. The third-order valence-corrected chi connectivity index (χ3v) is 2.22. The van der Waals surface area contributed by atoms with Gasteiger partial charge in [0.1, 0.15) is 18.2 Å². The summed E-state index contributed by atoms with van der Waals surface area (Å²) in [5.41, 5.74) is 0.756. The van der Waals surface area contributed by atoms with Gasteiger partial charge < -0.3 is 14.5 Å². The summed E-state index contributed by atoms with van der Waals surface area (Å²) in [6.45, 7) is 1.62. The molecule has 17 heavy (non-hydrogen) atoms. The Morgan fingerprint density at radius 2 is 2.18 bits per heavy atom. The van der Waals surface area contributed by atoms with E-state index in [-0.39, 0.29) is 5.82 Å². The first kappa shape index (κ1) is 11.7. The predicted octanol–water partition coefficient (Wildman–Crippen LogP) is 3.05. The first-order chi connectivity index (χ1) is 8.34. The van der Waals surface area contributed by atoms with Crippen LogP contribution in [0.1, 0.15) is 5.76 Å². The van der Waals surface area contributed by atoms with Crippen molar-refractivity contribution in [3.63, 3.8) is 0 Å². The van der Waals surface area contributed by atoms with Gasteiger partial charge >= 0.3 is 0 Å². The molecular formula is C13H14FNO2. The molecule has 0 bridgehead atoms. The van der Waals surface area contributed by atoms with Gasteiger partial charge in [-0.3, -0.25) is 0 Å². The minimum Gasteiger partial charge on any atom is -0.467 e. The second-order valence-corrected chi connectivity index (χ2v) is 3.57. The van der Waals surface area contributed by atoms with Gasteiger partial charge in [0.15, 0.2) is 0 Å². The number of anilines is 1. The predicted molar refractivity (Wildman–Crippen MR) is 63.3 cm³/mol. The van der Waals surface area contributed by atoms with Crippen molar-refractivity contribution in [2.24, 2.45) is 0 Å². The van der Waals surface area contributed by atoms with Crippen LogP contribution in [0.2, 0.25) is 0 Å². The van der Waals surface area contributed by atoms with Gasteiger partial charge in [-0.05, 0) is 30.3 Å². The highest BCUT2D eigenvalue weighted by Gasteiger charge is 1.96. The van der Waals surface area contributed by atoms with Crippen LogP contribution >= 0.6 is 0 Å². The second kappa shape index (κ2) is 6.06. The maximum atomic E-state index is 12.8. The van der Waals surface area contributed by atoms with Gasteiger partial charge in [-0.25, -0.2) is 4.39 Å². The Morgan fingerprint density at radius 1 is 1.24 bits per heavy atom. The molecule has 4 heteroatoms. The largest absolute Gasteiger partial charge is 0.467 e. The number of hydrogen-bond donors (Lipinski definition) is 1. The maximum Gasteiger partial charge on any atom is 0.129 e. The van der Waals surface area contributed by atoms with E-state index in [1.54, 1.807) is 12.3 Å². The molecule has 0 atom stereocenters. The van der Waals surface area contributed by atoms with Crippen molar-refractivity contribution in [2.45, 2.75) is 6.61 Å². The average molecular weight is 235 g/mol. The Balaban J connectivity index is 1.63. The van der Waals surface area contributed by atoms with Gasteiger partial charge in [-0.1, -0.05) is 6.07 Å². The fraction of sp³-hybridized carbons (Fsp3) is 0.231.